The second-order valence-electron chi connectivity index (χ2n) is 7.26. The molecule has 0 bridgehead atoms. The van der Waals surface area contributed by atoms with E-state index >= 15 is 0 Å². The number of fused-ring (bicyclic) bond motifs is 1. The summed E-state index contributed by atoms with van der Waals surface area (Å²) in [7, 11) is 0. The van der Waals surface area contributed by atoms with Gasteiger partial charge < -0.3 is 9.80 Å². The number of amides is 3. The van der Waals surface area contributed by atoms with Crippen LogP contribution in [0.1, 0.15) is 32.7 Å². The van der Waals surface area contributed by atoms with E-state index in [-0.39, 0.29) is 30.7 Å². The molecule has 0 radical (unpaired) electrons. The molecule has 0 N–H and O–H groups in total. The Morgan fingerprint density at radius 3 is 2.29 bits per heavy atom. The maximum absolute atomic E-state index is 12.6. The van der Waals surface area contributed by atoms with Crippen molar-refractivity contribution >= 4 is 23.4 Å². The molecule has 6 heteroatoms. The summed E-state index contributed by atoms with van der Waals surface area (Å²) in [5.74, 6) is -0.618. The van der Waals surface area contributed by atoms with Gasteiger partial charge in [-0.25, -0.2) is 0 Å². The summed E-state index contributed by atoms with van der Waals surface area (Å²) in [6.45, 7) is 4.87. The predicted molar refractivity (Wildman–Crippen MR) is 106 cm³/mol. The lowest BCUT2D eigenvalue weighted by atomic mass is 10.1. The van der Waals surface area contributed by atoms with Crippen molar-refractivity contribution in [2.24, 2.45) is 0 Å². The molecule has 2 aliphatic rings. The monoisotopic (exact) mass is 377 g/mol. The number of hydrogen-bond donors (Lipinski definition) is 0. The Hall–Kier alpha value is -3.15. The molecule has 0 saturated carbocycles. The van der Waals surface area contributed by atoms with Gasteiger partial charge in [0.05, 0.1) is 11.1 Å². The Bertz CT molecular complexity index is 918. The van der Waals surface area contributed by atoms with Crippen LogP contribution in [0.15, 0.2) is 48.5 Å². The normalized spacial score (nSPS) is 16.5. The van der Waals surface area contributed by atoms with Crippen molar-refractivity contribution in [3.05, 3.63) is 65.2 Å². The van der Waals surface area contributed by atoms with Gasteiger partial charge in [-0.3, -0.25) is 19.3 Å². The maximum atomic E-state index is 12.6. The molecule has 2 aliphatic heterocycles. The molecule has 4 rings (SSSR count). The van der Waals surface area contributed by atoms with Crippen LogP contribution in [0.4, 0.5) is 5.69 Å². The van der Waals surface area contributed by atoms with Crippen LogP contribution < -0.4 is 4.90 Å². The van der Waals surface area contributed by atoms with Gasteiger partial charge in [0.2, 0.25) is 5.91 Å². The Morgan fingerprint density at radius 2 is 1.57 bits per heavy atom. The van der Waals surface area contributed by atoms with Gasteiger partial charge in [-0.15, -0.1) is 0 Å². The molecule has 6 nitrogen and oxygen atoms in total. The molecule has 144 valence electrons. The second kappa shape index (κ2) is 7.46. The maximum Gasteiger partial charge on any atom is 0.261 e. The third kappa shape index (κ3) is 3.38. The van der Waals surface area contributed by atoms with E-state index < -0.39 is 0 Å². The Kier molecular flexibility index (Phi) is 4.86. The van der Waals surface area contributed by atoms with Gasteiger partial charge in [-0.1, -0.05) is 29.8 Å². The molecule has 1 saturated heterocycles. The molecular weight excluding hydrogens is 354 g/mol. The summed E-state index contributed by atoms with van der Waals surface area (Å²) >= 11 is 0. The van der Waals surface area contributed by atoms with E-state index in [1.54, 1.807) is 12.1 Å². The topological polar surface area (TPSA) is 60.9 Å². The Morgan fingerprint density at radius 1 is 0.893 bits per heavy atom. The first kappa shape index (κ1) is 18.2. The average molecular weight is 377 g/mol. The number of rotatable bonds is 4. The van der Waals surface area contributed by atoms with Crippen molar-refractivity contribution in [2.75, 3.05) is 37.6 Å². The van der Waals surface area contributed by atoms with Gasteiger partial charge in [0.25, 0.3) is 11.8 Å². The van der Waals surface area contributed by atoms with Crippen LogP contribution in [-0.2, 0) is 4.79 Å². The molecule has 0 unspecified atom stereocenters. The van der Waals surface area contributed by atoms with E-state index in [9.17, 15) is 14.4 Å². The lowest BCUT2D eigenvalue weighted by molar-refractivity contribution is -0.131. The van der Waals surface area contributed by atoms with E-state index in [4.69, 9.17) is 0 Å². The molecule has 0 spiro atoms. The third-order valence-electron chi connectivity index (χ3n) is 5.43. The number of carbonyl (C=O) groups excluding carboxylic acids is 3. The molecule has 2 aromatic carbocycles. The number of hydrogen-bond acceptors (Lipinski definition) is 4. The van der Waals surface area contributed by atoms with E-state index in [2.05, 4.69) is 17.0 Å². The summed E-state index contributed by atoms with van der Waals surface area (Å²) < 4.78 is 0. The van der Waals surface area contributed by atoms with Crippen molar-refractivity contribution in [3.8, 4) is 0 Å². The van der Waals surface area contributed by atoms with Gasteiger partial charge in [-0.05, 0) is 31.2 Å². The van der Waals surface area contributed by atoms with Crippen molar-refractivity contribution in [2.45, 2.75) is 13.3 Å². The number of imide groups is 1. The number of aryl methyl sites for hydroxylation is 1. The van der Waals surface area contributed by atoms with Crippen LogP contribution >= 0.6 is 0 Å². The lowest BCUT2D eigenvalue weighted by Gasteiger charge is -2.36. The standard InChI is InChI=1S/C22H23N3O3/c1-16-7-8-18-19(15-16)22(28)25(21(18)27)10-9-20(26)24-13-11-23(12-14-24)17-5-3-2-4-6-17/h2-8,15H,9-14H2,1H3. The first-order valence-corrected chi connectivity index (χ1v) is 9.59. The molecule has 1 fully saturated rings. The Balaban J connectivity index is 1.32. The quantitative estimate of drug-likeness (QED) is 0.768. The Labute approximate surface area is 164 Å². The van der Waals surface area contributed by atoms with Crippen LogP contribution in [0.3, 0.4) is 0 Å². The van der Waals surface area contributed by atoms with Crippen LogP contribution in [-0.4, -0.2) is 60.2 Å². The highest BCUT2D eigenvalue weighted by atomic mass is 16.2. The van der Waals surface area contributed by atoms with Gasteiger partial charge in [0, 0.05) is 44.8 Å². The minimum Gasteiger partial charge on any atom is -0.368 e. The molecule has 2 heterocycles. The zero-order valence-electron chi connectivity index (χ0n) is 15.9. The van der Waals surface area contributed by atoms with E-state index in [1.807, 2.05) is 36.1 Å². The first-order chi connectivity index (χ1) is 13.5. The summed E-state index contributed by atoms with van der Waals surface area (Å²) in [5, 5.41) is 0. The second-order valence-corrected chi connectivity index (χ2v) is 7.26. The largest absolute Gasteiger partial charge is 0.368 e. The molecule has 0 aromatic heterocycles. The smallest absolute Gasteiger partial charge is 0.261 e. The van der Waals surface area contributed by atoms with Crippen LogP contribution in [0.2, 0.25) is 0 Å². The summed E-state index contributed by atoms with van der Waals surface area (Å²) in [6.07, 6.45) is 0.162. The zero-order chi connectivity index (χ0) is 19.7. The van der Waals surface area contributed by atoms with Gasteiger partial charge >= 0.3 is 0 Å². The molecule has 2 aromatic rings. The minimum absolute atomic E-state index is 0.0135. The molecule has 0 atom stereocenters. The van der Waals surface area contributed by atoms with Crippen LogP contribution in [0.25, 0.3) is 0 Å². The summed E-state index contributed by atoms with van der Waals surface area (Å²) in [5.41, 5.74) is 2.97. The number of anilines is 1. The minimum atomic E-state index is -0.304. The van der Waals surface area contributed by atoms with Crippen molar-refractivity contribution < 1.29 is 14.4 Å². The third-order valence-corrected chi connectivity index (χ3v) is 5.43. The highest BCUT2D eigenvalue weighted by Crippen LogP contribution is 2.24. The number of nitrogens with zero attached hydrogens (tertiary/aromatic N) is 3. The fourth-order valence-electron chi connectivity index (χ4n) is 3.83. The number of piperazine rings is 1. The van der Waals surface area contributed by atoms with Crippen LogP contribution in [0.5, 0.6) is 0 Å². The van der Waals surface area contributed by atoms with Crippen LogP contribution in [0, 0.1) is 6.92 Å². The fraction of sp³-hybridized carbons (Fsp3) is 0.318. The first-order valence-electron chi connectivity index (χ1n) is 9.59. The lowest BCUT2D eigenvalue weighted by Crippen LogP contribution is -2.49. The van der Waals surface area contributed by atoms with Crippen molar-refractivity contribution in [3.63, 3.8) is 0 Å². The summed E-state index contributed by atoms with van der Waals surface area (Å²) in [6, 6.07) is 15.4. The van der Waals surface area contributed by atoms with Gasteiger partial charge in [-0.2, -0.15) is 0 Å². The van der Waals surface area contributed by atoms with E-state index in [0.29, 0.717) is 24.2 Å². The zero-order valence-corrected chi connectivity index (χ0v) is 15.9. The molecule has 28 heavy (non-hydrogen) atoms. The molecule has 0 aliphatic carbocycles. The van der Waals surface area contributed by atoms with Gasteiger partial charge in [0.1, 0.15) is 0 Å². The van der Waals surface area contributed by atoms with Crippen molar-refractivity contribution in [1.82, 2.24) is 9.80 Å². The highest BCUT2D eigenvalue weighted by Gasteiger charge is 2.35. The molecular formula is C22H23N3O3. The van der Waals surface area contributed by atoms with Gasteiger partial charge in [0.15, 0.2) is 0 Å². The van der Waals surface area contributed by atoms with Crippen molar-refractivity contribution in [1.29, 1.82) is 0 Å². The summed E-state index contributed by atoms with van der Waals surface area (Å²) in [4.78, 5) is 42.9. The fourth-order valence-corrected chi connectivity index (χ4v) is 3.83. The molecule has 3 amide bonds. The van der Waals surface area contributed by atoms with E-state index in [0.717, 1.165) is 24.3 Å². The number of para-hydroxylation sites is 1. The highest BCUT2D eigenvalue weighted by molar-refractivity contribution is 6.21. The number of carbonyl (C=O) groups is 3. The average Bonchev–Trinajstić information content (AvgIpc) is 2.96. The number of benzene rings is 2. The van der Waals surface area contributed by atoms with E-state index in [1.165, 1.54) is 4.90 Å². The SMILES string of the molecule is Cc1ccc2c(c1)C(=O)N(CCC(=O)N1CCN(c3ccccc3)CC1)C2=O. The predicted octanol–water partition coefficient (Wildman–Crippen LogP) is 2.33.